The van der Waals surface area contributed by atoms with Crippen LogP contribution in [-0.4, -0.2) is 64.4 Å². The third-order valence-corrected chi connectivity index (χ3v) is 5.90. The molecule has 0 atom stereocenters. The number of hydrogen-bond donors (Lipinski definition) is 4. The summed E-state index contributed by atoms with van der Waals surface area (Å²) in [6.45, 7) is 2.83. The maximum atomic E-state index is 12.7. The molecule has 1 saturated heterocycles. The first-order valence-corrected chi connectivity index (χ1v) is 11.4. The number of rotatable bonds is 7. The molecule has 1 fully saturated rings. The minimum Gasteiger partial charge on any atom is -0.480 e. The van der Waals surface area contributed by atoms with E-state index in [1.807, 2.05) is 12.1 Å². The van der Waals surface area contributed by atoms with Gasteiger partial charge in [-0.25, -0.2) is 13.2 Å². The van der Waals surface area contributed by atoms with Gasteiger partial charge in [0, 0.05) is 43.7 Å². The molecule has 31 heavy (non-hydrogen) atoms. The van der Waals surface area contributed by atoms with Crippen molar-refractivity contribution in [1.29, 1.82) is 0 Å². The Morgan fingerprint density at radius 1 is 1.16 bits per heavy atom. The van der Waals surface area contributed by atoms with Gasteiger partial charge in [0.05, 0.1) is 11.4 Å². The van der Waals surface area contributed by atoms with Gasteiger partial charge < -0.3 is 31.1 Å². The molecule has 0 unspecified atom stereocenters. The molecule has 11 heteroatoms. The Hall–Kier alpha value is -3.31. The summed E-state index contributed by atoms with van der Waals surface area (Å²) in [5, 5.41) is 14.7. The van der Waals surface area contributed by atoms with Crippen LogP contribution >= 0.6 is 0 Å². The fourth-order valence-corrected chi connectivity index (χ4v) is 4.27. The van der Waals surface area contributed by atoms with Crippen LogP contribution in [0.25, 0.3) is 0 Å². The van der Waals surface area contributed by atoms with Crippen molar-refractivity contribution in [1.82, 2.24) is 5.32 Å². The van der Waals surface area contributed by atoms with Crippen LogP contribution in [0, 0.1) is 0 Å². The molecule has 1 aliphatic heterocycles. The molecule has 0 saturated carbocycles. The number of nitrogens with two attached hydrogens (primary N) is 1. The number of ether oxygens (including phenoxy) is 1. The molecule has 2 aromatic carbocycles. The largest absolute Gasteiger partial charge is 0.480 e. The molecule has 10 nitrogen and oxygen atoms in total. The quantitative estimate of drug-likeness (QED) is 0.451. The highest BCUT2D eigenvalue weighted by Gasteiger charge is 2.23. The molecule has 0 bridgehead atoms. The third kappa shape index (κ3) is 5.44. The van der Waals surface area contributed by atoms with Crippen molar-refractivity contribution >= 4 is 38.8 Å². The number of nitrogens with zero attached hydrogens (tertiary/aromatic N) is 1. The predicted molar refractivity (Wildman–Crippen MR) is 117 cm³/mol. The van der Waals surface area contributed by atoms with E-state index < -0.39 is 28.3 Å². The Kier molecular flexibility index (Phi) is 6.66. The van der Waals surface area contributed by atoms with Gasteiger partial charge in [0.1, 0.15) is 10.6 Å². The van der Waals surface area contributed by atoms with Crippen molar-refractivity contribution in [2.45, 2.75) is 4.90 Å². The summed E-state index contributed by atoms with van der Waals surface area (Å²) >= 11 is 0. The van der Waals surface area contributed by atoms with E-state index >= 15 is 0 Å². The number of carbonyl (C=O) groups excluding carboxylic acids is 1. The second kappa shape index (κ2) is 9.23. The molecule has 3 rings (SSSR count). The maximum absolute atomic E-state index is 12.7. The van der Waals surface area contributed by atoms with E-state index in [1.54, 1.807) is 12.1 Å². The Morgan fingerprint density at radius 2 is 1.81 bits per heavy atom. The Labute approximate surface area is 179 Å². The molecule has 5 N–H and O–H groups in total. The number of carbonyl (C=O) groups is 2. The minimum atomic E-state index is -3.86. The smallest absolute Gasteiger partial charge is 0.341 e. The number of nitrogens with one attached hydrogen (secondary N) is 2. The van der Waals surface area contributed by atoms with Crippen LogP contribution < -0.4 is 26.0 Å². The second-order valence-corrected chi connectivity index (χ2v) is 9.00. The summed E-state index contributed by atoms with van der Waals surface area (Å²) < 4.78 is 29.4. The molecular formula is C20H24N4O6S. The predicted octanol–water partition coefficient (Wildman–Crippen LogP) is 0.798. The molecule has 1 aliphatic rings. The SMILES string of the molecule is CS(=O)(=O)c1c(OCC(=O)O)ccc(NC(=O)c2ccc(N3CCNCC3)cc2)c1N. The van der Waals surface area contributed by atoms with Crippen LogP contribution in [0.15, 0.2) is 41.3 Å². The lowest BCUT2D eigenvalue weighted by Crippen LogP contribution is -2.43. The number of carboxylic acids is 1. The van der Waals surface area contributed by atoms with Crippen molar-refractivity contribution in [3.05, 3.63) is 42.0 Å². The molecule has 0 spiro atoms. The Balaban J connectivity index is 1.81. The molecule has 0 aromatic heterocycles. The van der Waals surface area contributed by atoms with Gasteiger partial charge >= 0.3 is 5.97 Å². The summed E-state index contributed by atoms with van der Waals surface area (Å²) in [5.41, 5.74) is 7.24. The first kappa shape index (κ1) is 22.4. The van der Waals surface area contributed by atoms with Crippen molar-refractivity contribution in [3.8, 4) is 5.75 Å². The topological polar surface area (TPSA) is 151 Å². The van der Waals surface area contributed by atoms with E-state index in [-0.39, 0.29) is 22.0 Å². The van der Waals surface area contributed by atoms with E-state index in [2.05, 4.69) is 15.5 Å². The van der Waals surface area contributed by atoms with E-state index in [4.69, 9.17) is 15.6 Å². The summed E-state index contributed by atoms with van der Waals surface area (Å²) in [6.07, 6.45) is 0.923. The highest BCUT2D eigenvalue weighted by Crippen LogP contribution is 2.35. The van der Waals surface area contributed by atoms with Gasteiger partial charge in [-0.3, -0.25) is 4.79 Å². The summed E-state index contributed by atoms with van der Waals surface area (Å²) in [5.74, 6) is -1.92. The average Bonchev–Trinajstić information content (AvgIpc) is 2.73. The van der Waals surface area contributed by atoms with Crippen LogP contribution in [0.4, 0.5) is 17.1 Å². The van der Waals surface area contributed by atoms with Crippen molar-refractivity contribution in [2.24, 2.45) is 0 Å². The number of hydrogen-bond acceptors (Lipinski definition) is 8. The highest BCUT2D eigenvalue weighted by atomic mass is 32.2. The Morgan fingerprint density at radius 3 is 2.39 bits per heavy atom. The van der Waals surface area contributed by atoms with E-state index in [0.29, 0.717) is 5.56 Å². The number of nitrogen functional groups attached to an aromatic ring is 1. The standard InChI is InChI=1S/C20H24N4O6S/c1-31(28,29)19-16(30-12-17(25)26)7-6-15(18(19)21)23-20(27)13-2-4-14(5-3-13)24-10-8-22-9-11-24/h2-7,22H,8-12,21H2,1H3,(H,23,27)(H,25,26). The fourth-order valence-electron chi connectivity index (χ4n) is 3.27. The molecule has 0 aliphatic carbocycles. The summed E-state index contributed by atoms with van der Waals surface area (Å²) in [7, 11) is -3.86. The van der Waals surface area contributed by atoms with Gasteiger partial charge in [-0.05, 0) is 36.4 Å². The number of sulfone groups is 1. The van der Waals surface area contributed by atoms with E-state index in [9.17, 15) is 18.0 Å². The number of aliphatic carboxylic acids is 1. The van der Waals surface area contributed by atoms with Crippen molar-refractivity contribution < 1.29 is 27.9 Å². The van der Waals surface area contributed by atoms with Gasteiger partial charge in [-0.15, -0.1) is 0 Å². The fraction of sp³-hybridized carbons (Fsp3) is 0.300. The van der Waals surface area contributed by atoms with Crippen LogP contribution in [0.1, 0.15) is 10.4 Å². The monoisotopic (exact) mass is 448 g/mol. The second-order valence-electron chi connectivity index (χ2n) is 7.05. The number of amides is 1. The highest BCUT2D eigenvalue weighted by molar-refractivity contribution is 7.91. The zero-order chi connectivity index (χ0) is 22.6. The number of piperazine rings is 1. The van der Waals surface area contributed by atoms with Crippen LogP contribution in [0.5, 0.6) is 5.75 Å². The molecular weight excluding hydrogens is 424 g/mol. The molecule has 1 amide bonds. The van der Waals surface area contributed by atoms with Gasteiger partial charge in [0.25, 0.3) is 5.91 Å². The molecule has 1 heterocycles. The molecule has 2 aromatic rings. The van der Waals surface area contributed by atoms with E-state index in [1.165, 1.54) is 12.1 Å². The lowest BCUT2D eigenvalue weighted by atomic mass is 10.1. The van der Waals surface area contributed by atoms with Gasteiger partial charge in [-0.1, -0.05) is 0 Å². The Bertz CT molecular complexity index is 1080. The first-order valence-electron chi connectivity index (χ1n) is 9.51. The van der Waals surface area contributed by atoms with Gasteiger partial charge in [0.15, 0.2) is 16.4 Å². The normalized spacial score (nSPS) is 14.2. The number of carboxylic acid groups (broad SMARTS) is 1. The maximum Gasteiger partial charge on any atom is 0.341 e. The summed E-state index contributed by atoms with van der Waals surface area (Å²) in [4.78, 5) is 25.2. The summed E-state index contributed by atoms with van der Waals surface area (Å²) in [6, 6.07) is 9.71. The van der Waals surface area contributed by atoms with Gasteiger partial charge in [-0.2, -0.15) is 0 Å². The molecule has 0 radical (unpaired) electrons. The van der Waals surface area contributed by atoms with Crippen molar-refractivity contribution in [3.63, 3.8) is 0 Å². The lowest BCUT2D eigenvalue weighted by molar-refractivity contribution is -0.139. The number of anilines is 3. The first-order chi connectivity index (χ1) is 14.7. The van der Waals surface area contributed by atoms with Crippen LogP contribution in [-0.2, 0) is 14.6 Å². The molecule has 166 valence electrons. The zero-order valence-corrected chi connectivity index (χ0v) is 17.7. The number of benzene rings is 2. The lowest BCUT2D eigenvalue weighted by Gasteiger charge is -2.29. The van der Waals surface area contributed by atoms with Crippen molar-refractivity contribution in [2.75, 3.05) is 55.0 Å². The average molecular weight is 449 g/mol. The van der Waals surface area contributed by atoms with Gasteiger partial charge in [0.2, 0.25) is 0 Å². The minimum absolute atomic E-state index is 0.0827. The van der Waals surface area contributed by atoms with E-state index in [0.717, 1.165) is 38.1 Å². The van der Waals surface area contributed by atoms with Crippen LogP contribution in [0.2, 0.25) is 0 Å². The zero-order valence-electron chi connectivity index (χ0n) is 16.9. The van der Waals surface area contributed by atoms with Crippen LogP contribution in [0.3, 0.4) is 0 Å². The third-order valence-electron chi connectivity index (χ3n) is 4.74.